The number of methoxy groups -OCH3 is 1. The summed E-state index contributed by atoms with van der Waals surface area (Å²) >= 11 is 0. The molecule has 0 bridgehead atoms. The molecule has 0 aliphatic carbocycles. The van der Waals surface area contributed by atoms with E-state index in [0.29, 0.717) is 12.1 Å². The van der Waals surface area contributed by atoms with Gasteiger partial charge in [0, 0.05) is 11.4 Å². The average Bonchev–Trinajstić information content (AvgIpc) is 2.82. The van der Waals surface area contributed by atoms with Crippen molar-refractivity contribution in [3.8, 4) is 23.0 Å². The minimum atomic E-state index is -5.21. The number of carbonyl (C=O) groups excluding carboxylic acids is 2. The third-order valence-electron chi connectivity index (χ3n) is 4.81. The zero-order chi connectivity index (χ0) is 30.8. The van der Waals surface area contributed by atoms with E-state index in [1.54, 1.807) is 23.5 Å². The largest absolute Gasteiger partial charge is 0.573 e. The molecule has 0 fully saturated rings. The third kappa shape index (κ3) is 8.31. The molecule has 0 saturated carbocycles. The van der Waals surface area contributed by atoms with Gasteiger partial charge in [-0.05, 0) is 36.4 Å². The number of ether oxygens (including phenoxy) is 4. The second-order valence-electron chi connectivity index (χ2n) is 9.12. The SMILES string of the molecule is BC(B)(B)Oc1cc(OC(F)(F)F)ccc1Oc1ccc(C(F)(F)F)c(F)c1C(=O)Nc1cccc(C(=O)OC)n1. The van der Waals surface area contributed by atoms with E-state index < -0.39 is 58.2 Å². The van der Waals surface area contributed by atoms with Crippen LogP contribution in [0.15, 0.2) is 48.5 Å². The van der Waals surface area contributed by atoms with Crippen LogP contribution in [0.25, 0.3) is 0 Å². The lowest BCUT2D eigenvalue weighted by Gasteiger charge is -2.25. The average molecular weight is 584 g/mol. The highest BCUT2D eigenvalue weighted by Gasteiger charge is 2.38. The Kier molecular flexibility index (Phi) is 8.84. The summed E-state index contributed by atoms with van der Waals surface area (Å²) in [5.74, 6) is -6.89. The van der Waals surface area contributed by atoms with Crippen LogP contribution in [0, 0.1) is 5.82 Å². The Morgan fingerprint density at radius 3 is 2.12 bits per heavy atom. The number of amides is 1. The summed E-state index contributed by atoms with van der Waals surface area (Å²) in [5.41, 5.74) is -3.29. The van der Waals surface area contributed by atoms with Gasteiger partial charge in [0.15, 0.2) is 23.0 Å². The van der Waals surface area contributed by atoms with E-state index in [0.717, 1.165) is 25.3 Å². The molecule has 1 aromatic heterocycles. The topological polar surface area (TPSA) is 96.0 Å². The molecule has 0 radical (unpaired) electrons. The number of aromatic nitrogens is 1. The molecule has 8 nitrogen and oxygen atoms in total. The maximum atomic E-state index is 15.2. The zero-order valence-electron chi connectivity index (χ0n) is 21.7. The van der Waals surface area contributed by atoms with Crippen LogP contribution in [0.2, 0.25) is 0 Å². The van der Waals surface area contributed by atoms with Crippen LogP contribution in [0.5, 0.6) is 23.0 Å². The van der Waals surface area contributed by atoms with Crippen molar-refractivity contribution in [2.24, 2.45) is 0 Å². The Morgan fingerprint density at radius 1 is 0.878 bits per heavy atom. The smallest absolute Gasteiger partial charge is 0.510 e. The van der Waals surface area contributed by atoms with Crippen LogP contribution in [0.4, 0.5) is 36.6 Å². The van der Waals surface area contributed by atoms with E-state index in [1.807, 2.05) is 0 Å². The molecular formula is C23H18B3F7N2O6. The Balaban J connectivity index is 2.10. The van der Waals surface area contributed by atoms with Gasteiger partial charge in [-0.15, -0.1) is 13.2 Å². The lowest BCUT2D eigenvalue weighted by molar-refractivity contribution is -0.274. The Morgan fingerprint density at radius 2 is 1.54 bits per heavy atom. The lowest BCUT2D eigenvalue weighted by atomic mass is 9.52. The number of esters is 1. The molecule has 3 aromatic rings. The predicted molar refractivity (Wildman–Crippen MR) is 137 cm³/mol. The highest BCUT2D eigenvalue weighted by Crippen LogP contribution is 2.41. The second kappa shape index (κ2) is 11.6. The molecule has 0 unspecified atom stereocenters. The second-order valence-corrected chi connectivity index (χ2v) is 9.12. The van der Waals surface area contributed by atoms with Gasteiger partial charge in [0.1, 0.15) is 46.4 Å². The molecule has 0 saturated heterocycles. The van der Waals surface area contributed by atoms with Gasteiger partial charge in [0.05, 0.1) is 12.7 Å². The molecule has 41 heavy (non-hydrogen) atoms. The van der Waals surface area contributed by atoms with Gasteiger partial charge in [-0.3, -0.25) is 4.79 Å². The predicted octanol–water partition coefficient (Wildman–Crippen LogP) is 2.86. The summed E-state index contributed by atoms with van der Waals surface area (Å²) in [6, 6.07) is 7.20. The fourth-order valence-electron chi connectivity index (χ4n) is 3.27. The third-order valence-corrected chi connectivity index (χ3v) is 4.81. The van der Waals surface area contributed by atoms with Gasteiger partial charge in [0.2, 0.25) is 0 Å². The molecule has 18 heteroatoms. The number of hydrogen-bond donors (Lipinski definition) is 1. The van der Waals surface area contributed by atoms with Crippen molar-refractivity contribution >= 4 is 41.2 Å². The van der Waals surface area contributed by atoms with E-state index in [4.69, 9.17) is 9.47 Å². The number of nitrogens with zero attached hydrogens (tertiary/aromatic N) is 1. The van der Waals surface area contributed by atoms with Crippen LogP contribution < -0.4 is 19.5 Å². The number of rotatable bonds is 8. The van der Waals surface area contributed by atoms with Gasteiger partial charge >= 0.3 is 18.5 Å². The summed E-state index contributed by atoms with van der Waals surface area (Å²) < 4.78 is 113. The number of nitrogens with one attached hydrogen (secondary N) is 1. The molecule has 2 aromatic carbocycles. The zero-order valence-corrected chi connectivity index (χ0v) is 21.7. The Hall–Kier alpha value is -4.37. The van der Waals surface area contributed by atoms with Crippen molar-refractivity contribution in [2.75, 3.05) is 12.4 Å². The summed E-state index contributed by atoms with van der Waals surface area (Å²) in [5, 5.41) is 1.07. The maximum absolute atomic E-state index is 15.2. The van der Waals surface area contributed by atoms with Crippen LogP contribution in [-0.2, 0) is 10.9 Å². The summed E-state index contributed by atoms with van der Waals surface area (Å²) in [6.07, 6.45) is -10.3. The minimum absolute atomic E-state index is 0.267. The molecule has 1 N–H and O–H groups in total. The number of hydrogen-bond acceptors (Lipinski definition) is 7. The molecule has 1 amide bonds. The molecule has 0 aliphatic rings. The van der Waals surface area contributed by atoms with E-state index in [9.17, 15) is 35.9 Å². The number of alkyl halides is 6. The lowest BCUT2D eigenvalue weighted by Crippen LogP contribution is -2.37. The number of halogens is 7. The van der Waals surface area contributed by atoms with E-state index in [1.165, 1.54) is 18.2 Å². The van der Waals surface area contributed by atoms with E-state index in [2.05, 4.69) is 19.8 Å². The van der Waals surface area contributed by atoms with E-state index >= 15 is 4.39 Å². The highest BCUT2D eigenvalue weighted by molar-refractivity contribution is 6.58. The normalized spacial score (nSPS) is 11.9. The van der Waals surface area contributed by atoms with Crippen molar-refractivity contribution in [1.29, 1.82) is 0 Å². The molecule has 3 rings (SSSR count). The van der Waals surface area contributed by atoms with Crippen LogP contribution >= 0.6 is 0 Å². The summed E-state index contributed by atoms with van der Waals surface area (Å²) in [4.78, 5) is 28.6. The van der Waals surface area contributed by atoms with Crippen molar-refractivity contribution in [3.05, 3.63) is 71.2 Å². The molecule has 0 spiro atoms. The fraction of sp³-hybridized carbons (Fsp3) is 0.174. The number of carbonyl (C=O) groups is 2. The van der Waals surface area contributed by atoms with Crippen molar-refractivity contribution in [3.63, 3.8) is 0 Å². The first-order valence-corrected chi connectivity index (χ1v) is 11.4. The van der Waals surface area contributed by atoms with Crippen molar-refractivity contribution < 1.29 is 59.3 Å². The van der Waals surface area contributed by atoms with Crippen LogP contribution in [0.1, 0.15) is 26.4 Å². The monoisotopic (exact) mass is 584 g/mol. The van der Waals surface area contributed by atoms with Crippen molar-refractivity contribution in [2.45, 2.75) is 17.8 Å². The van der Waals surface area contributed by atoms with E-state index in [-0.39, 0.29) is 23.0 Å². The standard InChI is InChI=1S/C23H18B3F7N2O6/c1-38-20(37)12-3-2-4-16(34-12)35-19(36)17-14(8-6-11(18(17)27)21(28,29)30)39-13-7-5-10(40-23(31,32)33)9-15(13)41-22(24,25)26/h2-9H,24-26H2,1H3,(H,34,35,36). The summed E-state index contributed by atoms with van der Waals surface area (Å²) in [7, 11) is 5.69. The van der Waals surface area contributed by atoms with Gasteiger partial charge in [-0.2, -0.15) is 13.2 Å². The van der Waals surface area contributed by atoms with Gasteiger partial charge in [0.25, 0.3) is 5.91 Å². The van der Waals surface area contributed by atoms with Crippen molar-refractivity contribution in [1.82, 2.24) is 4.98 Å². The van der Waals surface area contributed by atoms with Gasteiger partial charge in [-0.25, -0.2) is 14.2 Å². The quantitative estimate of drug-likeness (QED) is 0.248. The molecule has 0 aliphatic heterocycles. The minimum Gasteiger partial charge on any atom is -0.510 e. The van der Waals surface area contributed by atoms with Gasteiger partial charge in [-0.1, -0.05) is 6.07 Å². The fourth-order valence-corrected chi connectivity index (χ4v) is 3.27. The first-order chi connectivity index (χ1) is 18.9. The highest BCUT2D eigenvalue weighted by atomic mass is 19.4. The first-order valence-electron chi connectivity index (χ1n) is 11.4. The molecular weight excluding hydrogens is 566 g/mol. The van der Waals surface area contributed by atoms with Gasteiger partial charge < -0.3 is 24.3 Å². The molecule has 1 heterocycles. The molecule has 0 atom stereocenters. The molecule has 214 valence electrons. The summed E-state index contributed by atoms with van der Waals surface area (Å²) in [6.45, 7) is 0. The Bertz CT molecular complexity index is 1460. The number of anilines is 1. The first kappa shape index (κ1) is 31.2. The number of pyridine rings is 1. The number of benzene rings is 2. The maximum Gasteiger partial charge on any atom is 0.573 e. The Labute approximate surface area is 230 Å². The van der Waals surface area contributed by atoms with Crippen LogP contribution in [-0.4, -0.2) is 59.2 Å². The van der Waals surface area contributed by atoms with Crippen LogP contribution in [0.3, 0.4) is 0 Å².